The summed E-state index contributed by atoms with van der Waals surface area (Å²) < 4.78 is 0. The fourth-order valence-electron chi connectivity index (χ4n) is 1.75. The second-order valence-corrected chi connectivity index (χ2v) is 3.28. The van der Waals surface area contributed by atoms with Crippen LogP contribution in [0.1, 0.15) is 39.5 Å². The first-order valence-corrected chi connectivity index (χ1v) is 4.01. The molecule has 0 heterocycles. The summed E-state index contributed by atoms with van der Waals surface area (Å²) in [6.07, 6.45) is 5.19. The van der Waals surface area contributed by atoms with Crippen LogP contribution in [0.25, 0.3) is 0 Å². The molecule has 2 atom stereocenters. The van der Waals surface area contributed by atoms with Crippen molar-refractivity contribution in [2.24, 2.45) is 11.1 Å². The molecule has 2 unspecified atom stereocenters. The molecule has 2 N–H and O–H groups in total. The lowest BCUT2D eigenvalue weighted by Gasteiger charge is -2.10. The predicted molar refractivity (Wildman–Crippen MR) is 40.2 cm³/mol. The topological polar surface area (TPSA) is 26.0 Å². The van der Waals surface area contributed by atoms with Crippen LogP contribution in [-0.2, 0) is 0 Å². The SMILES string of the molecule is CCCC1(CC)CC1N. The molecule has 0 saturated heterocycles. The van der Waals surface area contributed by atoms with Crippen LogP contribution in [-0.4, -0.2) is 6.04 Å². The molecular weight excluding hydrogens is 110 g/mol. The van der Waals surface area contributed by atoms with Crippen molar-refractivity contribution < 1.29 is 0 Å². The van der Waals surface area contributed by atoms with E-state index in [2.05, 4.69) is 13.8 Å². The van der Waals surface area contributed by atoms with Crippen molar-refractivity contribution in [3.05, 3.63) is 0 Å². The van der Waals surface area contributed by atoms with Crippen molar-refractivity contribution in [2.45, 2.75) is 45.6 Å². The van der Waals surface area contributed by atoms with E-state index in [0.29, 0.717) is 11.5 Å². The molecule has 54 valence electrons. The minimum atomic E-state index is 0.530. The Kier molecular flexibility index (Phi) is 1.80. The highest BCUT2D eigenvalue weighted by atomic mass is 14.8. The van der Waals surface area contributed by atoms with Gasteiger partial charge in [-0.15, -0.1) is 0 Å². The third kappa shape index (κ3) is 1.11. The summed E-state index contributed by atoms with van der Waals surface area (Å²) in [5.41, 5.74) is 6.38. The Balaban J connectivity index is 2.33. The minimum Gasteiger partial charge on any atom is -0.327 e. The molecule has 0 amide bonds. The highest BCUT2D eigenvalue weighted by molar-refractivity contribution is 5.04. The van der Waals surface area contributed by atoms with Crippen molar-refractivity contribution >= 4 is 0 Å². The Bertz CT molecular complexity index is 96.7. The molecule has 1 rings (SSSR count). The molecule has 1 heteroatoms. The molecule has 1 saturated carbocycles. The maximum Gasteiger partial charge on any atom is 0.0102 e. The molecule has 1 fully saturated rings. The maximum absolute atomic E-state index is 5.80. The van der Waals surface area contributed by atoms with Gasteiger partial charge in [0.25, 0.3) is 0 Å². The van der Waals surface area contributed by atoms with Crippen LogP contribution in [0, 0.1) is 5.41 Å². The second kappa shape index (κ2) is 2.30. The first-order chi connectivity index (χ1) is 4.25. The van der Waals surface area contributed by atoms with Gasteiger partial charge in [-0.2, -0.15) is 0 Å². The van der Waals surface area contributed by atoms with Crippen molar-refractivity contribution in [3.63, 3.8) is 0 Å². The molecule has 0 aromatic carbocycles. The van der Waals surface area contributed by atoms with Gasteiger partial charge in [0.1, 0.15) is 0 Å². The van der Waals surface area contributed by atoms with Gasteiger partial charge in [0.05, 0.1) is 0 Å². The Morgan fingerprint density at radius 3 is 2.22 bits per heavy atom. The van der Waals surface area contributed by atoms with Gasteiger partial charge < -0.3 is 5.73 Å². The van der Waals surface area contributed by atoms with Crippen molar-refractivity contribution in [3.8, 4) is 0 Å². The summed E-state index contributed by atoms with van der Waals surface area (Å²) in [5.74, 6) is 0. The summed E-state index contributed by atoms with van der Waals surface area (Å²) >= 11 is 0. The fraction of sp³-hybridized carbons (Fsp3) is 1.00. The van der Waals surface area contributed by atoms with Gasteiger partial charge in [-0.05, 0) is 24.7 Å². The summed E-state index contributed by atoms with van der Waals surface area (Å²) in [6.45, 7) is 4.49. The van der Waals surface area contributed by atoms with Gasteiger partial charge in [0, 0.05) is 6.04 Å². The first kappa shape index (κ1) is 7.07. The summed E-state index contributed by atoms with van der Waals surface area (Å²) in [4.78, 5) is 0. The number of hydrogen-bond donors (Lipinski definition) is 1. The van der Waals surface area contributed by atoms with E-state index in [-0.39, 0.29) is 0 Å². The van der Waals surface area contributed by atoms with E-state index >= 15 is 0 Å². The average molecular weight is 127 g/mol. The zero-order valence-corrected chi connectivity index (χ0v) is 6.48. The van der Waals surface area contributed by atoms with E-state index in [1.807, 2.05) is 0 Å². The van der Waals surface area contributed by atoms with E-state index in [1.54, 1.807) is 0 Å². The lowest BCUT2D eigenvalue weighted by atomic mass is 9.97. The van der Waals surface area contributed by atoms with Crippen LogP contribution in [0.3, 0.4) is 0 Å². The third-order valence-electron chi connectivity index (χ3n) is 2.70. The van der Waals surface area contributed by atoms with Crippen LogP contribution in [0.2, 0.25) is 0 Å². The minimum absolute atomic E-state index is 0.530. The molecule has 0 aromatic rings. The van der Waals surface area contributed by atoms with E-state index < -0.39 is 0 Å². The highest BCUT2D eigenvalue weighted by Gasteiger charge is 2.48. The van der Waals surface area contributed by atoms with Gasteiger partial charge >= 0.3 is 0 Å². The number of nitrogens with two attached hydrogens (primary N) is 1. The maximum atomic E-state index is 5.80. The van der Waals surface area contributed by atoms with Crippen LogP contribution in [0.15, 0.2) is 0 Å². The zero-order valence-electron chi connectivity index (χ0n) is 6.48. The monoisotopic (exact) mass is 127 g/mol. The Morgan fingerprint density at radius 1 is 1.56 bits per heavy atom. The lowest BCUT2D eigenvalue weighted by molar-refractivity contribution is 0.427. The largest absolute Gasteiger partial charge is 0.327 e. The quantitative estimate of drug-likeness (QED) is 0.615. The van der Waals surface area contributed by atoms with Crippen LogP contribution in [0.5, 0.6) is 0 Å². The van der Waals surface area contributed by atoms with E-state index in [9.17, 15) is 0 Å². The third-order valence-corrected chi connectivity index (χ3v) is 2.70. The predicted octanol–water partition coefficient (Wildman–Crippen LogP) is 1.91. The van der Waals surface area contributed by atoms with Gasteiger partial charge in [0.2, 0.25) is 0 Å². The second-order valence-electron chi connectivity index (χ2n) is 3.28. The first-order valence-electron chi connectivity index (χ1n) is 4.01. The molecule has 1 nitrogen and oxygen atoms in total. The molecule has 0 bridgehead atoms. The van der Waals surface area contributed by atoms with E-state index in [0.717, 1.165) is 0 Å². The van der Waals surface area contributed by atoms with E-state index in [1.165, 1.54) is 25.7 Å². The zero-order chi connectivity index (χ0) is 6.91. The Labute approximate surface area is 57.6 Å². The summed E-state index contributed by atoms with van der Waals surface area (Å²) in [5, 5.41) is 0. The van der Waals surface area contributed by atoms with Gasteiger partial charge in [-0.1, -0.05) is 20.3 Å². The van der Waals surface area contributed by atoms with Crippen molar-refractivity contribution in [2.75, 3.05) is 0 Å². The molecule has 0 aromatic heterocycles. The Hall–Kier alpha value is -0.0400. The fourth-order valence-corrected chi connectivity index (χ4v) is 1.75. The number of rotatable bonds is 3. The standard InChI is InChI=1S/C8H17N/c1-3-5-8(4-2)6-7(8)9/h7H,3-6,9H2,1-2H3. The lowest BCUT2D eigenvalue weighted by Crippen LogP contribution is -2.12. The van der Waals surface area contributed by atoms with Gasteiger partial charge in [-0.3, -0.25) is 0 Å². The smallest absolute Gasteiger partial charge is 0.0102 e. The molecule has 1 aliphatic carbocycles. The van der Waals surface area contributed by atoms with Gasteiger partial charge in [-0.25, -0.2) is 0 Å². The van der Waals surface area contributed by atoms with Crippen LogP contribution >= 0.6 is 0 Å². The van der Waals surface area contributed by atoms with Crippen LogP contribution < -0.4 is 5.73 Å². The normalized spacial score (nSPS) is 41.0. The molecule has 0 aliphatic heterocycles. The van der Waals surface area contributed by atoms with Crippen LogP contribution in [0.4, 0.5) is 0 Å². The van der Waals surface area contributed by atoms with Gasteiger partial charge in [0.15, 0.2) is 0 Å². The number of hydrogen-bond acceptors (Lipinski definition) is 1. The Morgan fingerprint density at radius 2 is 2.11 bits per heavy atom. The summed E-state index contributed by atoms with van der Waals surface area (Å²) in [6, 6.07) is 0.530. The molecule has 0 spiro atoms. The summed E-state index contributed by atoms with van der Waals surface area (Å²) in [7, 11) is 0. The van der Waals surface area contributed by atoms with Crippen molar-refractivity contribution in [1.29, 1.82) is 0 Å². The molecule has 1 aliphatic rings. The molecule has 0 radical (unpaired) electrons. The molecular formula is C8H17N. The molecule has 9 heavy (non-hydrogen) atoms. The highest BCUT2D eigenvalue weighted by Crippen LogP contribution is 2.50. The van der Waals surface area contributed by atoms with Crippen molar-refractivity contribution in [1.82, 2.24) is 0 Å². The van der Waals surface area contributed by atoms with E-state index in [4.69, 9.17) is 5.73 Å². The average Bonchev–Trinajstić information content (AvgIpc) is 2.45.